The summed E-state index contributed by atoms with van der Waals surface area (Å²) in [6, 6.07) is 5.04. The molecule has 2 rings (SSSR count). The van der Waals surface area contributed by atoms with Crippen molar-refractivity contribution < 1.29 is 9.90 Å². The molecule has 6 nitrogen and oxygen atoms in total. The molecule has 72 valence electrons. The average Bonchev–Trinajstić information content (AvgIpc) is 2.47. The Balaban J connectivity index is 2.52. The number of benzene rings is 1. The lowest BCUT2D eigenvalue weighted by Crippen LogP contribution is -2.09. The van der Waals surface area contributed by atoms with Gasteiger partial charge in [-0.2, -0.15) is 0 Å². The predicted molar refractivity (Wildman–Crippen MR) is 49.6 cm³/mol. The third kappa shape index (κ3) is 1.37. The standard InChI is InChI=1S/C8H8N4O2/c9-5-1-2-7-6(3-5)10-11-12(7)4-8(13)14/h1-3H,4,9H2,(H,13,14). The number of nitrogens with two attached hydrogens (primary N) is 1. The normalized spacial score (nSPS) is 10.6. The van der Waals surface area contributed by atoms with Crippen LogP contribution in [0.15, 0.2) is 18.2 Å². The average molecular weight is 192 g/mol. The molecule has 0 radical (unpaired) electrons. The Morgan fingerprint density at radius 2 is 2.36 bits per heavy atom. The van der Waals surface area contributed by atoms with Gasteiger partial charge in [0.05, 0.1) is 5.52 Å². The van der Waals surface area contributed by atoms with E-state index in [0.717, 1.165) is 0 Å². The number of aliphatic carboxylic acids is 1. The van der Waals surface area contributed by atoms with Gasteiger partial charge in [-0.1, -0.05) is 5.21 Å². The molecule has 0 aliphatic carbocycles. The van der Waals surface area contributed by atoms with Crippen molar-refractivity contribution in [1.29, 1.82) is 0 Å². The fraction of sp³-hybridized carbons (Fsp3) is 0.125. The molecule has 0 bridgehead atoms. The Morgan fingerprint density at radius 3 is 3.07 bits per heavy atom. The smallest absolute Gasteiger partial charge is 0.325 e. The molecule has 0 saturated heterocycles. The maximum absolute atomic E-state index is 10.5. The first-order chi connectivity index (χ1) is 6.66. The first kappa shape index (κ1) is 8.49. The van der Waals surface area contributed by atoms with E-state index in [4.69, 9.17) is 10.8 Å². The van der Waals surface area contributed by atoms with Gasteiger partial charge in [0.15, 0.2) is 0 Å². The Labute approximate surface area is 78.9 Å². The Bertz CT molecular complexity index is 491. The molecule has 0 amide bonds. The van der Waals surface area contributed by atoms with Crippen LogP contribution in [-0.4, -0.2) is 26.1 Å². The van der Waals surface area contributed by atoms with Crippen LogP contribution >= 0.6 is 0 Å². The Hall–Kier alpha value is -2.11. The third-order valence-corrected chi connectivity index (χ3v) is 1.82. The van der Waals surface area contributed by atoms with E-state index < -0.39 is 5.97 Å². The lowest BCUT2D eigenvalue weighted by atomic mass is 10.3. The maximum atomic E-state index is 10.5. The van der Waals surface area contributed by atoms with Crippen molar-refractivity contribution in [2.45, 2.75) is 6.54 Å². The van der Waals surface area contributed by atoms with Gasteiger partial charge < -0.3 is 10.8 Å². The number of carboxylic acids is 1. The van der Waals surface area contributed by atoms with Crippen LogP contribution in [0.3, 0.4) is 0 Å². The molecule has 1 heterocycles. The second-order valence-electron chi connectivity index (χ2n) is 2.89. The zero-order valence-corrected chi connectivity index (χ0v) is 7.21. The molecule has 6 heteroatoms. The van der Waals surface area contributed by atoms with E-state index in [1.165, 1.54) is 4.68 Å². The number of aromatic nitrogens is 3. The molecular formula is C8H8N4O2. The van der Waals surface area contributed by atoms with Crippen molar-refractivity contribution in [3.63, 3.8) is 0 Å². The van der Waals surface area contributed by atoms with Crippen LogP contribution in [0.5, 0.6) is 0 Å². The van der Waals surface area contributed by atoms with Crippen LogP contribution in [0.4, 0.5) is 5.69 Å². The van der Waals surface area contributed by atoms with Gasteiger partial charge >= 0.3 is 5.97 Å². The Morgan fingerprint density at radius 1 is 1.57 bits per heavy atom. The number of hydrogen-bond acceptors (Lipinski definition) is 4. The van der Waals surface area contributed by atoms with E-state index in [0.29, 0.717) is 16.7 Å². The summed E-state index contributed by atoms with van der Waals surface area (Å²) in [7, 11) is 0. The Kier molecular flexibility index (Phi) is 1.81. The highest BCUT2D eigenvalue weighted by atomic mass is 16.4. The van der Waals surface area contributed by atoms with Gasteiger partial charge in [0, 0.05) is 5.69 Å². The zero-order valence-electron chi connectivity index (χ0n) is 7.21. The summed E-state index contributed by atoms with van der Waals surface area (Å²) in [6.45, 7) is -0.194. The number of fused-ring (bicyclic) bond motifs is 1. The fourth-order valence-corrected chi connectivity index (χ4v) is 1.23. The molecule has 14 heavy (non-hydrogen) atoms. The molecule has 2 aromatic rings. The molecule has 1 aromatic heterocycles. The van der Waals surface area contributed by atoms with Crippen LogP contribution < -0.4 is 5.73 Å². The van der Waals surface area contributed by atoms with Crippen molar-refractivity contribution in [2.75, 3.05) is 5.73 Å². The molecule has 1 aromatic carbocycles. The van der Waals surface area contributed by atoms with E-state index >= 15 is 0 Å². The molecule has 0 fully saturated rings. The highest BCUT2D eigenvalue weighted by Gasteiger charge is 2.06. The van der Waals surface area contributed by atoms with Crippen molar-refractivity contribution in [2.24, 2.45) is 0 Å². The van der Waals surface area contributed by atoms with E-state index in [-0.39, 0.29) is 6.54 Å². The quantitative estimate of drug-likeness (QED) is 0.658. The van der Waals surface area contributed by atoms with Gasteiger partial charge in [-0.05, 0) is 18.2 Å². The van der Waals surface area contributed by atoms with Gasteiger partial charge in [0.25, 0.3) is 0 Å². The first-order valence-corrected chi connectivity index (χ1v) is 3.97. The molecule has 0 atom stereocenters. The minimum absolute atomic E-state index is 0.194. The minimum atomic E-state index is -0.950. The summed E-state index contributed by atoms with van der Waals surface area (Å²) in [4.78, 5) is 10.5. The molecule has 0 saturated carbocycles. The molecular weight excluding hydrogens is 184 g/mol. The van der Waals surface area contributed by atoms with E-state index in [2.05, 4.69) is 10.3 Å². The number of anilines is 1. The summed E-state index contributed by atoms with van der Waals surface area (Å²) in [5, 5.41) is 16.1. The lowest BCUT2D eigenvalue weighted by Gasteiger charge is -1.96. The second-order valence-corrected chi connectivity index (χ2v) is 2.89. The van der Waals surface area contributed by atoms with Gasteiger partial charge in [-0.15, -0.1) is 5.10 Å². The van der Waals surface area contributed by atoms with Crippen LogP contribution in [0.1, 0.15) is 0 Å². The zero-order chi connectivity index (χ0) is 10.1. The number of hydrogen-bond donors (Lipinski definition) is 2. The molecule has 0 spiro atoms. The maximum Gasteiger partial charge on any atom is 0.325 e. The van der Waals surface area contributed by atoms with Gasteiger partial charge in [0.2, 0.25) is 0 Å². The van der Waals surface area contributed by atoms with Crippen LogP contribution in [0, 0.1) is 0 Å². The van der Waals surface area contributed by atoms with Gasteiger partial charge in [0.1, 0.15) is 12.1 Å². The predicted octanol–water partition coefficient (Wildman–Crippen LogP) is 0.0981. The number of nitrogen functional groups attached to an aromatic ring is 1. The summed E-state index contributed by atoms with van der Waals surface area (Å²) < 4.78 is 1.32. The summed E-state index contributed by atoms with van der Waals surface area (Å²) in [5.74, 6) is -0.950. The van der Waals surface area contributed by atoms with Crippen molar-refractivity contribution in [1.82, 2.24) is 15.0 Å². The van der Waals surface area contributed by atoms with Crippen LogP contribution in [0.25, 0.3) is 11.0 Å². The second kappa shape index (κ2) is 2.99. The number of carbonyl (C=O) groups is 1. The van der Waals surface area contributed by atoms with Crippen molar-refractivity contribution >= 4 is 22.7 Å². The van der Waals surface area contributed by atoms with Crippen molar-refractivity contribution in [3.05, 3.63) is 18.2 Å². The first-order valence-electron chi connectivity index (χ1n) is 3.97. The fourth-order valence-electron chi connectivity index (χ4n) is 1.23. The van der Waals surface area contributed by atoms with E-state index in [9.17, 15) is 4.79 Å². The number of carboxylic acid groups (broad SMARTS) is 1. The van der Waals surface area contributed by atoms with Crippen LogP contribution in [-0.2, 0) is 11.3 Å². The molecule has 0 unspecified atom stereocenters. The molecule has 0 aliphatic heterocycles. The van der Waals surface area contributed by atoms with Crippen LogP contribution in [0.2, 0.25) is 0 Å². The third-order valence-electron chi connectivity index (χ3n) is 1.82. The SMILES string of the molecule is Nc1ccc2c(c1)nnn2CC(=O)O. The summed E-state index contributed by atoms with van der Waals surface area (Å²) >= 11 is 0. The number of rotatable bonds is 2. The van der Waals surface area contributed by atoms with Gasteiger partial charge in [-0.3, -0.25) is 4.79 Å². The highest BCUT2D eigenvalue weighted by Crippen LogP contribution is 2.14. The number of nitrogens with zero attached hydrogens (tertiary/aromatic N) is 3. The molecule has 3 N–H and O–H groups in total. The van der Waals surface area contributed by atoms with E-state index in [1.807, 2.05) is 0 Å². The lowest BCUT2D eigenvalue weighted by molar-refractivity contribution is -0.137. The summed E-state index contributed by atoms with van der Waals surface area (Å²) in [5.41, 5.74) is 7.40. The largest absolute Gasteiger partial charge is 0.480 e. The summed E-state index contributed by atoms with van der Waals surface area (Å²) in [6.07, 6.45) is 0. The monoisotopic (exact) mass is 192 g/mol. The minimum Gasteiger partial charge on any atom is -0.480 e. The highest BCUT2D eigenvalue weighted by molar-refractivity contribution is 5.79. The topological polar surface area (TPSA) is 94.0 Å². The van der Waals surface area contributed by atoms with Crippen molar-refractivity contribution in [3.8, 4) is 0 Å². The molecule has 0 aliphatic rings. The van der Waals surface area contributed by atoms with E-state index in [1.54, 1.807) is 18.2 Å². The van der Waals surface area contributed by atoms with Gasteiger partial charge in [-0.25, -0.2) is 4.68 Å².